The first-order chi connectivity index (χ1) is 11.4. The molecule has 2 aromatic carbocycles. The molecule has 3 nitrogen and oxygen atoms in total. The van der Waals surface area contributed by atoms with Gasteiger partial charge in [0, 0.05) is 38.9 Å². The van der Waals surface area contributed by atoms with E-state index in [9.17, 15) is 0 Å². The molecule has 0 bridgehead atoms. The van der Waals surface area contributed by atoms with E-state index < -0.39 is 0 Å². The average Bonchev–Trinajstić information content (AvgIpc) is 2.62. The minimum absolute atomic E-state index is 0.989. The van der Waals surface area contributed by atoms with Crippen LogP contribution in [0.5, 0.6) is 0 Å². The number of hydrazone groups is 1. The molecule has 1 saturated heterocycles. The number of hydrogen-bond donors (Lipinski definition) is 0. The lowest BCUT2D eigenvalue weighted by Gasteiger charge is -2.32. The molecule has 1 fully saturated rings. The van der Waals surface area contributed by atoms with Gasteiger partial charge in [-0.15, -0.1) is 0 Å². The Morgan fingerprint density at radius 3 is 2.17 bits per heavy atom. The molecule has 0 unspecified atom stereocenters. The van der Waals surface area contributed by atoms with Gasteiger partial charge in [-0.3, -0.25) is 9.91 Å². The van der Waals surface area contributed by atoms with Crippen LogP contribution in [0.3, 0.4) is 0 Å². The van der Waals surface area contributed by atoms with Crippen LogP contribution >= 0.6 is 0 Å². The summed E-state index contributed by atoms with van der Waals surface area (Å²) >= 11 is 0. The summed E-state index contributed by atoms with van der Waals surface area (Å²) in [4.78, 5) is 2.49. The first-order valence-electron chi connectivity index (χ1n) is 8.17. The van der Waals surface area contributed by atoms with E-state index in [1.54, 1.807) is 0 Å². The summed E-state index contributed by atoms with van der Waals surface area (Å²) in [6.07, 6.45) is 5.97. The van der Waals surface area contributed by atoms with Gasteiger partial charge in [0.1, 0.15) is 0 Å². The normalized spacial score (nSPS) is 16.4. The Morgan fingerprint density at radius 2 is 1.48 bits per heavy atom. The van der Waals surface area contributed by atoms with Gasteiger partial charge in [0.25, 0.3) is 0 Å². The monoisotopic (exact) mass is 305 g/mol. The first-order valence-corrected chi connectivity index (χ1v) is 8.17. The van der Waals surface area contributed by atoms with Crippen LogP contribution in [0.15, 0.2) is 71.8 Å². The van der Waals surface area contributed by atoms with Crippen LogP contribution in [-0.4, -0.2) is 42.3 Å². The van der Waals surface area contributed by atoms with Gasteiger partial charge in [-0.25, -0.2) is 0 Å². The van der Waals surface area contributed by atoms with E-state index in [1.165, 1.54) is 11.1 Å². The molecule has 0 N–H and O–H groups in total. The molecule has 0 atom stereocenters. The van der Waals surface area contributed by atoms with Crippen LogP contribution in [0.4, 0.5) is 0 Å². The van der Waals surface area contributed by atoms with Gasteiger partial charge in [-0.05, 0) is 17.2 Å². The van der Waals surface area contributed by atoms with Gasteiger partial charge in [-0.1, -0.05) is 66.7 Å². The van der Waals surface area contributed by atoms with Crippen LogP contribution in [0, 0.1) is 0 Å². The molecule has 0 amide bonds. The second-order valence-electron chi connectivity index (χ2n) is 5.75. The number of hydrogen-bond acceptors (Lipinski definition) is 3. The maximum Gasteiger partial charge on any atom is 0.0488 e. The Balaban J connectivity index is 1.42. The predicted molar refractivity (Wildman–Crippen MR) is 97.3 cm³/mol. The van der Waals surface area contributed by atoms with Gasteiger partial charge in [0.05, 0.1) is 0 Å². The van der Waals surface area contributed by atoms with E-state index in [4.69, 9.17) is 0 Å². The van der Waals surface area contributed by atoms with Gasteiger partial charge < -0.3 is 0 Å². The van der Waals surface area contributed by atoms with Crippen molar-refractivity contribution in [3.8, 4) is 0 Å². The minimum atomic E-state index is 0.989. The molecule has 118 valence electrons. The number of rotatable bonds is 5. The highest BCUT2D eigenvalue weighted by molar-refractivity contribution is 5.77. The van der Waals surface area contributed by atoms with Gasteiger partial charge in [-0.2, -0.15) is 5.10 Å². The third-order valence-corrected chi connectivity index (χ3v) is 4.00. The summed E-state index contributed by atoms with van der Waals surface area (Å²) in [6.45, 7) is 5.14. The van der Waals surface area contributed by atoms with Crippen LogP contribution in [0.25, 0.3) is 6.08 Å². The zero-order chi connectivity index (χ0) is 15.7. The van der Waals surface area contributed by atoms with E-state index in [1.807, 2.05) is 30.5 Å². The van der Waals surface area contributed by atoms with Crippen molar-refractivity contribution < 1.29 is 0 Å². The van der Waals surface area contributed by atoms with Crippen molar-refractivity contribution in [2.24, 2.45) is 5.10 Å². The Labute approximate surface area is 138 Å². The van der Waals surface area contributed by atoms with Crippen LogP contribution in [0.1, 0.15) is 11.1 Å². The summed E-state index contributed by atoms with van der Waals surface area (Å²) in [7, 11) is 0. The third-order valence-electron chi connectivity index (χ3n) is 4.00. The zero-order valence-corrected chi connectivity index (χ0v) is 13.4. The molecule has 1 heterocycles. The smallest absolute Gasteiger partial charge is 0.0488 e. The Kier molecular flexibility index (Phi) is 5.59. The number of allylic oxidation sites excluding steroid dienone is 1. The maximum absolute atomic E-state index is 4.53. The molecule has 23 heavy (non-hydrogen) atoms. The van der Waals surface area contributed by atoms with Gasteiger partial charge in [0.15, 0.2) is 0 Å². The Bertz CT molecular complexity index is 626. The van der Waals surface area contributed by atoms with Crippen molar-refractivity contribution in [2.45, 2.75) is 6.54 Å². The largest absolute Gasteiger partial charge is 0.295 e. The van der Waals surface area contributed by atoms with Crippen molar-refractivity contribution in [3.05, 3.63) is 77.9 Å². The minimum Gasteiger partial charge on any atom is -0.295 e. The summed E-state index contributed by atoms with van der Waals surface area (Å²) in [5, 5.41) is 6.68. The van der Waals surface area contributed by atoms with E-state index in [0.29, 0.717) is 0 Å². The quantitative estimate of drug-likeness (QED) is 0.787. The van der Waals surface area contributed by atoms with Crippen molar-refractivity contribution in [2.75, 3.05) is 26.2 Å². The van der Waals surface area contributed by atoms with Crippen molar-refractivity contribution in [3.63, 3.8) is 0 Å². The molecule has 0 radical (unpaired) electrons. The molecule has 0 aliphatic carbocycles. The fraction of sp³-hybridized carbons (Fsp3) is 0.250. The van der Waals surface area contributed by atoms with Crippen LogP contribution in [0.2, 0.25) is 0 Å². The number of piperazine rings is 1. The van der Waals surface area contributed by atoms with Crippen molar-refractivity contribution >= 4 is 12.3 Å². The third kappa shape index (κ3) is 5.08. The standard InChI is InChI=1S/C20H23N3/c1-3-8-19(9-4-1)12-7-13-21-23-16-14-22(15-17-23)18-20-10-5-2-6-11-20/h1-13H,14-18H2/b12-7?,21-13-. The second kappa shape index (κ2) is 8.30. The molecule has 1 aliphatic rings. The Hall–Kier alpha value is -2.39. The Morgan fingerprint density at radius 1 is 0.826 bits per heavy atom. The van der Waals surface area contributed by atoms with Crippen LogP contribution in [-0.2, 0) is 6.54 Å². The SMILES string of the molecule is C(=Cc1ccccc1)/C=N\N1CCN(Cc2ccccc2)CC1. The van der Waals surface area contributed by atoms with Crippen molar-refractivity contribution in [1.29, 1.82) is 0 Å². The second-order valence-corrected chi connectivity index (χ2v) is 5.75. The maximum atomic E-state index is 4.53. The van der Waals surface area contributed by atoms with Crippen molar-refractivity contribution in [1.82, 2.24) is 9.91 Å². The van der Waals surface area contributed by atoms with E-state index >= 15 is 0 Å². The summed E-state index contributed by atoms with van der Waals surface area (Å²) in [5.74, 6) is 0. The molecular weight excluding hydrogens is 282 g/mol. The molecule has 2 aromatic rings. The first kappa shape index (κ1) is 15.5. The highest BCUT2D eigenvalue weighted by Gasteiger charge is 2.14. The molecular formula is C20H23N3. The zero-order valence-electron chi connectivity index (χ0n) is 13.4. The van der Waals surface area contributed by atoms with E-state index in [-0.39, 0.29) is 0 Å². The number of nitrogens with zero attached hydrogens (tertiary/aromatic N) is 3. The molecule has 0 spiro atoms. The lowest BCUT2D eigenvalue weighted by atomic mass is 10.2. The summed E-state index contributed by atoms with van der Waals surface area (Å²) in [6, 6.07) is 21.0. The van der Waals surface area contributed by atoms with Gasteiger partial charge in [0.2, 0.25) is 0 Å². The summed E-state index contributed by atoms with van der Waals surface area (Å²) < 4.78 is 0. The molecule has 0 saturated carbocycles. The predicted octanol–water partition coefficient (Wildman–Crippen LogP) is 3.50. The lowest BCUT2D eigenvalue weighted by Crippen LogP contribution is -2.43. The van der Waals surface area contributed by atoms with E-state index in [2.05, 4.69) is 63.6 Å². The van der Waals surface area contributed by atoms with Crippen LogP contribution < -0.4 is 0 Å². The molecule has 0 aromatic heterocycles. The molecule has 3 rings (SSSR count). The summed E-state index contributed by atoms with van der Waals surface area (Å²) in [5.41, 5.74) is 2.59. The van der Waals surface area contributed by atoms with Gasteiger partial charge >= 0.3 is 0 Å². The van der Waals surface area contributed by atoms with E-state index in [0.717, 1.165) is 32.7 Å². The fourth-order valence-corrected chi connectivity index (χ4v) is 2.70. The number of benzene rings is 2. The highest BCUT2D eigenvalue weighted by Crippen LogP contribution is 2.08. The lowest BCUT2D eigenvalue weighted by molar-refractivity contribution is 0.131. The highest BCUT2D eigenvalue weighted by atomic mass is 15.5. The topological polar surface area (TPSA) is 18.8 Å². The average molecular weight is 305 g/mol. The fourth-order valence-electron chi connectivity index (χ4n) is 2.70. The molecule has 3 heteroatoms. The molecule has 1 aliphatic heterocycles.